The summed E-state index contributed by atoms with van der Waals surface area (Å²) in [4.78, 5) is 17.5. The summed E-state index contributed by atoms with van der Waals surface area (Å²) in [6.45, 7) is 0.837. The van der Waals surface area contributed by atoms with Gasteiger partial charge in [-0.2, -0.15) is 0 Å². The second-order valence-electron chi connectivity index (χ2n) is 6.48. The molecule has 0 rings (SSSR count). The molecule has 0 fully saturated rings. The van der Waals surface area contributed by atoms with Crippen molar-refractivity contribution in [2.75, 3.05) is 12.7 Å². The lowest BCUT2D eigenvalue weighted by atomic mass is 10.0. The second kappa shape index (κ2) is 16.0. The van der Waals surface area contributed by atoms with Crippen LogP contribution in [0.25, 0.3) is 0 Å². The molecule has 4 N–H and O–H groups in total. The van der Waals surface area contributed by atoms with Gasteiger partial charge in [-0.3, -0.25) is 4.57 Å². The molecule has 134 valence electrons. The van der Waals surface area contributed by atoms with Crippen LogP contribution < -0.4 is 5.73 Å². The molecule has 0 amide bonds. The standard InChI is InChI=1S/C17H38NO3P/c18-16-14-12-10-8-6-4-2-1-3-5-7-9-11-13-15-17-22(19,20)21/h1-18H2,(H2,19,20,21). The largest absolute Gasteiger partial charge is 0.330 e. The number of unbranched alkanes of at least 4 members (excludes halogenated alkanes) is 14. The van der Waals surface area contributed by atoms with Crippen LogP contribution in [0.15, 0.2) is 0 Å². The fourth-order valence-electron chi connectivity index (χ4n) is 2.76. The molecule has 0 saturated heterocycles. The zero-order valence-corrected chi connectivity index (χ0v) is 15.2. The summed E-state index contributed by atoms with van der Waals surface area (Å²) in [5, 5.41) is 0. The van der Waals surface area contributed by atoms with Crippen LogP contribution in [0, 0.1) is 0 Å². The molecule has 0 aliphatic carbocycles. The third-order valence-electron chi connectivity index (χ3n) is 4.15. The molecule has 0 bridgehead atoms. The van der Waals surface area contributed by atoms with Gasteiger partial charge < -0.3 is 15.5 Å². The van der Waals surface area contributed by atoms with E-state index in [4.69, 9.17) is 15.5 Å². The summed E-state index contributed by atoms with van der Waals surface area (Å²) in [6.07, 6.45) is 18.6. The molecule has 0 saturated carbocycles. The van der Waals surface area contributed by atoms with Crippen molar-refractivity contribution in [3.63, 3.8) is 0 Å². The average Bonchev–Trinajstić information content (AvgIpc) is 2.45. The van der Waals surface area contributed by atoms with Crippen LogP contribution in [-0.2, 0) is 4.57 Å². The van der Waals surface area contributed by atoms with Crippen LogP contribution in [0.4, 0.5) is 0 Å². The quantitative estimate of drug-likeness (QED) is 0.259. The molecule has 0 spiro atoms. The Hall–Kier alpha value is 0.110. The Bertz CT molecular complexity index is 269. The van der Waals surface area contributed by atoms with Crippen LogP contribution >= 0.6 is 7.60 Å². The lowest BCUT2D eigenvalue weighted by molar-refractivity contribution is 0.370. The van der Waals surface area contributed by atoms with E-state index in [0.717, 1.165) is 19.4 Å². The van der Waals surface area contributed by atoms with Crippen molar-refractivity contribution in [3.05, 3.63) is 0 Å². The van der Waals surface area contributed by atoms with Crippen molar-refractivity contribution in [1.29, 1.82) is 0 Å². The van der Waals surface area contributed by atoms with Gasteiger partial charge in [0.15, 0.2) is 0 Å². The first-order valence-corrected chi connectivity index (χ1v) is 11.1. The molecule has 0 aromatic carbocycles. The molecule has 5 heteroatoms. The molecule has 0 aliphatic heterocycles. The lowest BCUT2D eigenvalue weighted by Gasteiger charge is -2.04. The predicted octanol–water partition coefficient (Wildman–Crippen LogP) is 4.97. The number of nitrogens with two attached hydrogens (primary N) is 1. The number of hydrogen-bond acceptors (Lipinski definition) is 2. The van der Waals surface area contributed by atoms with Crippen LogP contribution in [0.5, 0.6) is 0 Å². The van der Waals surface area contributed by atoms with Gasteiger partial charge in [0.05, 0.1) is 0 Å². The summed E-state index contributed by atoms with van der Waals surface area (Å²) in [7, 11) is -3.76. The van der Waals surface area contributed by atoms with Gasteiger partial charge in [-0.05, 0) is 19.4 Å². The van der Waals surface area contributed by atoms with Gasteiger partial charge in [0.1, 0.15) is 0 Å². The maximum absolute atomic E-state index is 10.7. The van der Waals surface area contributed by atoms with E-state index in [2.05, 4.69) is 0 Å². The summed E-state index contributed by atoms with van der Waals surface area (Å²) in [5.41, 5.74) is 5.47. The van der Waals surface area contributed by atoms with Gasteiger partial charge in [0.25, 0.3) is 0 Å². The van der Waals surface area contributed by atoms with Gasteiger partial charge >= 0.3 is 7.60 Å². The Morgan fingerprint density at radius 2 is 0.818 bits per heavy atom. The van der Waals surface area contributed by atoms with E-state index >= 15 is 0 Å². The average molecular weight is 335 g/mol. The smallest absolute Gasteiger partial charge is 0.325 e. The molecule has 4 nitrogen and oxygen atoms in total. The fourth-order valence-corrected chi connectivity index (χ4v) is 3.40. The third kappa shape index (κ3) is 20.1. The lowest BCUT2D eigenvalue weighted by Crippen LogP contribution is -1.97. The Morgan fingerprint density at radius 3 is 1.09 bits per heavy atom. The van der Waals surface area contributed by atoms with Gasteiger partial charge in [-0.25, -0.2) is 0 Å². The van der Waals surface area contributed by atoms with E-state index in [1.165, 1.54) is 77.0 Å². The predicted molar refractivity (Wildman–Crippen MR) is 95.2 cm³/mol. The summed E-state index contributed by atoms with van der Waals surface area (Å²) in [5.74, 6) is 0. The normalized spacial score (nSPS) is 12.0. The minimum absolute atomic E-state index is 0.0548. The third-order valence-corrected chi connectivity index (χ3v) is 5.05. The van der Waals surface area contributed by atoms with Gasteiger partial charge in [-0.1, -0.05) is 83.5 Å². The van der Waals surface area contributed by atoms with E-state index in [9.17, 15) is 4.57 Å². The SMILES string of the molecule is NCCCCCCCCCCCCCCCCCP(=O)(O)O. The van der Waals surface area contributed by atoms with Crippen molar-refractivity contribution in [1.82, 2.24) is 0 Å². The Balaban J connectivity index is 3.01. The van der Waals surface area contributed by atoms with Gasteiger partial charge in [0, 0.05) is 6.16 Å². The minimum atomic E-state index is -3.76. The molecule has 0 aromatic rings. The Morgan fingerprint density at radius 1 is 0.545 bits per heavy atom. The molecular formula is C17H38NO3P. The molecule has 0 aromatic heterocycles. The highest BCUT2D eigenvalue weighted by Crippen LogP contribution is 2.35. The first-order chi connectivity index (χ1) is 10.6. The minimum Gasteiger partial charge on any atom is -0.330 e. The highest BCUT2D eigenvalue weighted by atomic mass is 31.2. The summed E-state index contributed by atoms with van der Waals surface area (Å²) >= 11 is 0. The maximum atomic E-state index is 10.7. The summed E-state index contributed by atoms with van der Waals surface area (Å²) < 4.78 is 10.7. The molecule has 0 heterocycles. The van der Waals surface area contributed by atoms with E-state index in [1.54, 1.807) is 0 Å². The van der Waals surface area contributed by atoms with Crippen molar-refractivity contribution in [3.8, 4) is 0 Å². The van der Waals surface area contributed by atoms with Gasteiger partial charge in [-0.15, -0.1) is 0 Å². The highest BCUT2D eigenvalue weighted by molar-refractivity contribution is 7.51. The zero-order valence-electron chi connectivity index (χ0n) is 14.3. The van der Waals surface area contributed by atoms with Crippen LogP contribution in [-0.4, -0.2) is 22.5 Å². The first-order valence-electron chi connectivity index (χ1n) is 9.31. The molecule has 0 unspecified atom stereocenters. The molecular weight excluding hydrogens is 297 g/mol. The van der Waals surface area contributed by atoms with Crippen LogP contribution in [0.2, 0.25) is 0 Å². The van der Waals surface area contributed by atoms with Crippen molar-refractivity contribution in [2.45, 2.75) is 96.3 Å². The molecule has 22 heavy (non-hydrogen) atoms. The van der Waals surface area contributed by atoms with Crippen molar-refractivity contribution >= 4 is 7.60 Å². The van der Waals surface area contributed by atoms with Crippen LogP contribution in [0.3, 0.4) is 0 Å². The van der Waals surface area contributed by atoms with Crippen molar-refractivity contribution in [2.24, 2.45) is 5.73 Å². The second-order valence-corrected chi connectivity index (χ2v) is 8.26. The van der Waals surface area contributed by atoms with E-state index in [-0.39, 0.29) is 6.16 Å². The molecule has 0 aliphatic rings. The van der Waals surface area contributed by atoms with Crippen LogP contribution in [0.1, 0.15) is 96.3 Å². The van der Waals surface area contributed by atoms with Gasteiger partial charge in [0.2, 0.25) is 0 Å². The molecule has 0 radical (unpaired) electrons. The monoisotopic (exact) mass is 335 g/mol. The highest BCUT2D eigenvalue weighted by Gasteiger charge is 2.10. The van der Waals surface area contributed by atoms with Crippen molar-refractivity contribution < 1.29 is 14.4 Å². The number of hydrogen-bond donors (Lipinski definition) is 3. The number of rotatable bonds is 17. The first kappa shape index (κ1) is 22.1. The summed E-state index contributed by atoms with van der Waals surface area (Å²) in [6, 6.07) is 0. The maximum Gasteiger partial charge on any atom is 0.325 e. The fraction of sp³-hybridized carbons (Fsp3) is 1.00. The van der Waals surface area contributed by atoms with E-state index in [1.807, 2.05) is 0 Å². The van der Waals surface area contributed by atoms with E-state index < -0.39 is 7.60 Å². The molecule has 0 atom stereocenters. The zero-order chi connectivity index (χ0) is 16.5. The van der Waals surface area contributed by atoms with E-state index in [0.29, 0.717) is 6.42 Å². The topological polar surface area (TPSA) is 83.6 Å². The Labute approximate surface area is 137 Å². The Kier molecular flexibility index (Phi) is 16.1.